The molecule has 0 saturated carbocycles. The smallest absolute Gasteiger partial charge is 0.229 e. The van der Waals surface area contributed by atoms with Gasteiger partial charge in [-0.25, -0.2) is 0 Å². The van der Waals surface area contributed by atoms with Gasteiger partial charge in [-0.1, -0.05) is 328 Å². The number of carbonyl (C=O) groups excluding carboxylic acids is 2. The Labute approximate surface area is 507 Å². The summed E-state index contributed by atoms with van der Waals surface area (Å²) < 4.78 is 11.7. The molecule has 1 heterocycles. The summed E-state index contributed by atoms with van der Waals surface area (Å²) in [7, 11) is 0. The molecule has 1 aliphatic rings. The number of carbonyl (C=O) groups is 2. The molecule has 0 aromatic rings. The van der Waals surface area contributed by atoms with Crippen molar-refractivity contribution >= 4 is 11.8 Å². The molecule has 2 unspecified atom stereocenters. The van der Waals surface area contributed by atoms with E-state index in [1.165, 1.54) is 249 Å². The predicted octanol–water partition coefficient (Wildman–Crippen LogP) is 19.1. The van der Waals surface area contributed by atoms with Crippen LogP contribution in [-0.4, -0.2) is 98.3 Å². The van der Waals surface area contributed by atoms with E-state index in [9.17, 15) is 35.1 Å². The summed E-state index contributed by atoms with van der Waals surface area (Å²) in [5.41, 5.74) is 0. The minimum absolute atomic E-state index is 0.162. The van der Waals surface area contributed by atoms with Crippen LogP contribution < -0.4 is 0 Å². The van der Waals surface area contributed by atoms with Crippen LogP contribution in [0.1, 0.15) is 367 Å². The number of hydrogen-bond acceptors (Lipinski definition) is 9. The Kier molecular flexibility index (Phi) is 57.0. The zero-order valence-corrected chi connectivity index (χ0v) is 54.3. The van der Waals surface area contributed by atoms with E-state index in [2.05, 4.69) is 32.9 Å². The van der Waals surface area contributed by atoms with Gasteiger partial charge in [-0.05, 0) is 51.4 Å². The van der Waals surface area contributed by atoms with Crippen LogP contribution >= 0.6 is 0 Å². The van der Waals surface area contributed by atoms with Crippen LogP contribution in [0.4, 0.5) is 0 Å². The largest absolute Gasteiger partial charge is 0.394 e. The van der Waals surface area contributed by atoms with E-state index in [1.54, 1.807) is 6.08 Å². The van der Waals surface area contributed by atoms with E-state index in [0.29, 0.717) is 12.8 Å². The quantitative estimate of drug-likeness (QED) is 0.0295. The Morgan fingerprint density at radius 1 is 0.402 bits per heavy atom. The molecular weight excluding hydrogens is 1020 g/mol. The van der Waals surface area contributed by atoms with Crippen LogP contribution in [0.25, 0.3) is 0 Å². The number of nitrogens with zero attached hydrogens (tertiary/aromatic N) is 1. The van der Waals surface area contributed by atoms with Crippen LogP contribution in [0.15, 0.2) is 24.3 Å². The van der Waals surface area contributed by atoms with E-state index < -0.39 is 49.5 Å². The van der Waals surface area contributed by atoms with Crippen molar-refractivity contribution in [2.45, 2.75) is 410 Å². The van der Waals surface area contributed by atoms with Crippen molar-refractivity contribution in [3.63, 3.8) is 0 Å². The zero-order chi connectivity index (χ0) is 59.6. The lowest BCUT2D eigenvalue weighted by molar-refractivity contribution is -0.303. The molecule has 0 spiro atoms. The van der Waals surface area contributed by atoms with Crippen LogP contribution in [-0.2, 0) is 19.1 Å². The average molecular weight is 1160 g/mol. The fourth-order valence-corrected chi connectivity index (χ4v) is 11.9. The first-order valence-corrected chi connectivity index (χ1v) is 36.0. The number of ether oxygens (including phenoxy) is 2. The zero-order valence-electron chi connectivity index (χ0n) is 54.3. The van der Waals surface area contributed by atoms with Gasteiger partial charge in [0.1, 0.15) is 24.4 Å². The van der Waals surface area contributed by atoms with Gasteiger partial charge in [0.15, 0.2) is 6.29 Å². The number of rotatable bonds is 62. The molecule has 10 heteroatoms. The summed E-state index contributed by atoms with van der Waals surface area (Å²) in [5.74, 6) is -0.701. The van der Waals surface area contributed by atoms with Crippen molar-refractivity contribution in [2.75, 3.05) is 13.2 Å². The van der Waals surface area contributed by atoms with E-state index in [1.807, 2.05) is 6.08 Å². The standard InChI is InChI=1S/C72H137NO9/c1-4-7-10-13-16-19-22-25-28-30-31-32-33-34-35-37-40-43-46-49-52-55-58-61-68(77)73(67(76)60-57-54-51-48-45-42-38-27-24-21-18-15-12-9-6-3)64(63-81-72-71(80)70(79)69(78)66(62-74)82-72)65(75)59-56-53-50-47-44-41-39-36-29-26-23-20-17-14-11-8-5-2/h27,38,56,59,64-66,69-72,74-75,78-80H,4-26,28-37,39-55,57-58,60-63H2,1-3H3/b38-27+,59-56+/t64?,65?,66-,69+,70+,71-,72-/m1/s1. The van der Waals surface area contributed by atoms with Crippen molar-refractivity contribution < 1.29 is 44.6 Å². The third-order valence-electron chi connectivity index (χ3n) is 17.5. The highest BCUT2D eigenvalue weighted by molar-refractivity contribution is 5.95. The van der Waals surface area contributed by atoms with Crippen molar-refractivity contribution in [1.82, 2.24) is 4.90 Å². The molecule has 1 saturated heterocycles. The van der Waals surface area contributed by atoms with E-state index in [-0.39, 0.29) is 31.3 Å². The van der Waals surface area contributed by atoms with Crippen molar-refractivity contribution in [1.29, 1.82) is 0 Å². The summed E-state index contributed by atoms with van der Waals surface area (Å²) in [5, 5.41) is 53.6. The van der Waals surface area contributed by atoms with Crippen LogP contribution in [0.5, 0.6) is 0 Å². The first-order chi connectivity index (χ1) is 40.2. The molecule has 2 amide bonds. The lowest BCUT2D eigenvalue weighted by atomic mass is 9.99. The summed E-state index contributed by atoms with van der Waals surface area (Å²) in [6.45, 7) is 5.83. The highest BCUT2D eigenvalue weighted by Crippen LogP contribution is 2.25. The Balaban J connectivity index is 2.78. The van der Waals surface area contributed by atoms with E-state index >= 15 is 0 Å². The maximum Gasteiger partial charge on any atom is 0.229 e. The van der Waals surface area contributed by atoms with E-state index in [0.717, 1.165) is 77.0 Å². The molecule has 1 aliphatic heterocycles. The van der Waals surface area contributed by atoms with Crippen molar-refractivity contribution in [3.8, 4) is 0 Å². The maximum absolute atomic E-state index is 14.4. The average Bonchev–Trinajstić information content (AvgIpc) is 3.59. The number of amides is 2. The minimum Gasteiger partial charge on any atom is -0.394 e. The minimum atomic E-state index is -1.65. The normalized spacial score (nSPS) is 18.3. The Morgan fingerprint density at radius 2 is 0.683 bits per heavy atom. The summed E-state index contributed by atoms with van der Waals surface area (Å²) in [4.78, 5) is 29.9. The molecule has 0 aromatic carbocycles. The molecule has 10 nitrogen and oxygen atoms in total. The van der Waals surface area contributed by atoms with Gasteiger partial charge in [-0.3, -0.25) is 14.5 Å². The van der Waals surface area contributed by atoms with Crippen molar-refractivity contribution in [3.05, 3.63) is 24.3 Å². The second-order valence-corrected chi connectivity index (χ2v) is 25.3. The molecule has 82 heavy (non-hydrogen) atoms. The van der Waals surface area contributed by atoms with Crippen LogP contribution in [0.3, 0.4) is 0 Å². The third-order valence-corrected chi connectivity index (χ3v) is 17.5. The Hall–Kier alpha value is -1.66. The molecule has 0 aliphatic carbocycles. The van der Waals surface area contributed by atoms with Crippen molar-refractivity contribution in [2.24, 2.45) is 0 Å². The second kappa shape index (κ2) is 59.7. The lowest BCUT2D eigenvalue weighted by Crippen LogP contribution is -2.60. The van der Waals surface area contributed by atoms with Gasteiger partial charge in [-0.2, -0.15) is 0 Å². The van der Waals surface area contributed by atoms with Gasteiger partial charge in [0.05, 0.1) is 25.4 Å². The summed E-state index contributed by atoms with van der Waals surface area (Å²) >= 11 is 0. The van der Waals surface area contributed by atoms with Gasteiger partial charge in [0.25, 0.3) is 0 Å². The fraction of sp³-hybridized carbons (Fsp3) is 0.917. The molecule has 1 rings (SSSR count). The van der Waals surface area contributed by atoms with Crippen LogP contribution in [0.2, 0.25) is 0 Å². The predicted molar refractivity (Wildman–Crippen MR) is 346 cm³/mol. The monoisotopic (exact) mass is 1160 g/mol. The highest BCUT2D eigenvalue weighted by atomic mass is 16.7. The van der Waals surface area contributed by atoms with Gasteiger partial charge in [0, 0.05) is 12.8 Å². The highest BCUT2D eigenvalue weighted by Gasteiger charge is 2.45. The molecular formula is C72H137NO9. The molecule has 0 bridgehead atoms. The molecule has 0 aromatic heterocycles. The molecule has 484 valence electrons. The molecule has 0 radical (unpaired) electrons. The number of aliphatic hydroxyl groups excluding tert-OH is 5. The molecule has 7 atom stereocenters. The van der Waals surface area contributed by atoms with Gasteiger partial charge < -0.3 is 35.0 Å². The molecule has 5 N–H and O–H groups in total. The Bertz CT molecular complexity index is 1420. The second-order valence-electron chi connectivity index (χ2n) is 25.3. The number of aliphatic hydroxyl groups is 5. The van der Waals surface area contributed by atoms with Crippen LogP contribution in [0, 0.1) is 0 Å². The third kappa shape index (κ3) is 44.7. The molecule has 1 fully saturated rings. The first-order valence-electron chi connectivity index (χ1n) is 36.0. The SMILES string of the molecule is CCCCCCCC/C=C/CCCCCCCC(=O)N(C(=O)CCCCCCCCCCCCCCCCCCCCCCCCC)C(CO[C@@H]1O[C@H](CO)[C@H](O)[C@H](O)[C@H]1O)C(O)/C=C/CCCCCCCCCCCCCCCCC. The van der Waals surface area contributed by atoms with Gasteiger partial charge in [-0.15, -0.1) is 0 Å². The number of imide groups is 1. The fourth-order valence-electron chi connectivity index (χ4n) is 11.9. The summed E-state index contributed by atoms with van der Waals surface area (Å²) in [6, 6.07) is -1.11. The van der Waals surface area contributed by atoms with Gasteiger partial charge >= 0.3 is 0 Å². The van der Waals surface area contributed by atoms with E-state index in [4.69, 9.17) is 9.47 Å². The first kappa shape index (κ1) is 78.4. The lowest BCUT2D eigenvalue weighted by Gasteiger charge is -2.41. The summed E-state index contributed by atoms with van der Waals surface area (Å²) in [6.07, 6.45) is 64.3. The Morgan fingerprint density at radius 3 is 0.988 bits per heavy atom. The number of allylic oxidation sites excluding steroid dienone is 3. The topological polar surface area (TPSA) is 157 Å². The number of hydrogen-bond donors (Lipinski definition) is 5. The number of unbranched alkanes of at least 4 members (excludes halogenated alkanes) is 48. The maximum atomic E-state index is 14.4. The van der Waals surface area contributed by atoms with Gasteiger partial charge in [0.2, 0.25) is 11.8 Å².